The Bertz CT molecular complexity index is 525. The number of carbonyl (C=O) groups is 1. The summed E-state index contributed by atoms with van der Waals surface area (Å²) in [5.41, 5.74) is 1.17. The van der Waals surface area contributed by atoms with Crippen LogP contribution >= 0.6 is 0 Å². The maximum absolute atomic E-state index is 11.9. The van der Waals surface area contributed by atoms with Gasteiger partial charge in [0.25, 0.3) is 0 Å². The van der Waals surface area contributed by atoms with Crippen LogP contribution in [0.15, 0.2) is 30.3 Å². The summed E-state index contributed by atoms with van der Waals surface area (Å²) in [6.45, 7) is 0.555. The van der Waals surface area contributed by atoms with E-state index in [4.69, 9.17) is 0 Å². The van der Waals surface area contributed by atoms with Crippen molar-refractivity contribution in [3.63, 3.8) is 0 Å². The molecule has 2 rings (SSSR count). The summed E-state index contributed by atoms with van der Waals surface area (Å²) in [5.74, 6) is -0.265. The van der Waals surface area contributed by atoms with Crippen LogP contribution in [-0.2, 0) is 21.1 Å². The van der Waals surface area contributed by atoms with Gasteiger partial charge in [0.05, 0.1) is 17.4 Å². The molecule has 1 aliphatic rings. The Hall–Kier alpha value is -1.36. The molecule has 1 aromatic carbocycles. The van der Waals surface area contributed by atoms with E-state index in [2.05, 4.69) is 5.32 Å². The molecular weight excluding hydrogens is 262 g/mol. The van der Waals surface area contributed by atoms with E-state index >= 15 is 0 Å². The van der Waals surface area contributed by atoms with Crippen LogP contribution in [0.1, 0.15) is 18.4 Å². The Labute approximate surface area is 114 Å². The van der Waals surface area contributed by atoms with Gasteiger partial charge in [-0.2, -0.15) is 0 Å². The third-order valence-electron chi connectivity index (χ3n) is 3.39. The molecule has 0 aromatic heterocycles. The molecule has 1 saturated heterocycles. The van der Waals surface area contributed by atoms with Gasteiger partial charge in [-0.15, -0.1) is 0 Å². The lowest BCUT2D eigenvalue weighted by atomic mass is 10.0. The number of rotatable bonds is 4. The van der Waals surface area contributed by atoms with Gasteiger partial charge in [0.1, 0.15) is 0 Å². The molecule has 4 nitrogen and oxygen atoms in total. The number of benzene rings is 1. The molecule has 104 valence electrons. The molecule has 1 heterocycles. The van der Waals surface area contributed by atoms with Gasteiger partial charge in [0.2, 0.25) is 5.91 Å². The Kier molecular flexibility index (Phi) is 4.58. The van der Waals surface area contributed by atoms with E-state index in [1.807, 2.05) is 30.3 Å². The van der Waals surface area contributed by atoms with Crippen LogP contribution in [0, 0.1) is 5.92 Å². The van der Waals surface area contributed by atoms with Crippen molar-refractivity contribution in [2.45, 2.75) is 19.3 Å². The molecule has 0 spiro atoms. The Morgan fingerprint density at radius 1 is 1.26 bits per heavy atom. The van der Waals surface area contributed by atoms with Crippen molar-refractivity contribution in [2.75, 3.05) is 18.1 Å². The quantitative estimate of drug-likeness (QED) is 0.901. The highest BCUT2D eigenvalue weighted by Crippen LogP contribution is 2.18. The van der Waals surface area contributed by atoms with E-state index in [1.54, 1.807) is 0 Å². The molecule has 1 fully saturated rings. The highest BCUT2D eigenvalue weighted by atomic mass is 32.2. The predicted octanol–water partition coefficient (Wildman–Crippen LogP) is 1.17. The minimum absolute atomic E-state index is 0.00414. The van der Waals surface area contributed by atoms with Crippen molar-refractivity contribution in [3.8, 4) is 0 Å². The minimum Gasteiger partial charge on any atom is -0.356 e. The van der Waals surface area contributed by atoms with Crippen molar-refractivity contribution < 1.29 is 13.2 Å². The maximum atomic E-state index is 11.9. The SMILES string of the molecule is O=C(NCCc1ccccc1)C1CCCS(=O)(=O)C1. The predicted molar refractivity (Wildman–Crippen MR) is 74.5 cm³/mol. The Balaban J connectivity index is 1.78. The van der Waals surface area contributed by atoms with Crippen molar-refractivity contribution in [1.82, 2.24) is 5.32 Å². The molecule has 0 aliphatic carbocycles. The lowest BCUT2D eigenvalue weighted by Gasteiger charge is -2.21. The van der Waals surface area contributed by atoms with E-state index < -0.39 is 9.84 Å². The van der Waals surface area contributed by atoms with Crippen LogP contribution in [0.25, 0.3) is 0 Å². The van der Waals surface area contributed by atoms with Crippen LogP contribution in [0.3, 0.4) is 0 Å². The summed E-state index contributed by atoms with van der Waals surface area (Å²) in [4.78, 5) is 11.9. The number of hydrogen-bond acceptors (Lipinski definition) is 3. The van der Waals surface area contributed by atoms with Gasteiger partial charge in [-0.05, 0) is 24.8 Å². The molecule has 1 unspecified atom stereocenters. The van der Waals surface area contributed by atoms with Gasteiger partial charge in [0.15, 0.2) is 9.84 Å². The van der Waals surface area contributed by atoms with E-state index in [0.717, 1.165) is 6.42 Å². The van der Waals surface area contributed by atoms with Gasteiger partial charge in [0, 0.05) is 6.54 Å². The first kappa shape index (κ1) is 14.1. The molecule has 5 heteroatoms. The molecule has 0 bridgehead atoms. The molecule has 19 heavy (non-hydrogen) atoms. The topological polar surface area (TPSA) is 63.2 Å². The van der Waals surface area contributed by atoms with Crippen molar-refractivity contribution >= 4 is 15.7 Å². The maximum Gasteiger partial charge on any atom is 0.224 e. The van der Waals surface area contributed by atoms with Crippen molar-refractivity contribution in [3.05, 3.63) is 35.9 Å². The zero-order valence-electron chi connectivity index (χ0n) is 10.8. The first-order valence-electron chi connectivity index (χ1n) is 6.59. The van der Waals surface area contributed by atoms with E-state index in [1.165, 1.54) is 5.56 Å². The average molecular weight is 281 g/mol. The smallest absolute Gasteiger partial charge is 0.224 e. The third kappa shape index (κ3) is 4.35. The fraction of sp³-hybridized carbons (Fsp3) is 0.500. The highest BCUT2D eigenvalue weighted by molar-refractivity contribution is 7.91. The lowest BCUT2D eigenvalue weighted by Crippen LogP contribution is -2.38. The number of sulfone groups is 1. The summed E-state index contributed by atoms with van der Waals surface area (Å²) in [7, 11) is -3.01. The van der Waals surface area contributed by atoms with E-state index in [9.17, 15) is 13.2 Å². The van der Waals surface area contributed by atoms with Gasteiger partial charge >= 0.3 is 0 Å². The van der Waals surface area contributed by atoms with Crippen molar-refractivity contribution in [1.29, 1.82) is 0 Å². The molecule has 1 atom stereocenters. The van der Waals surface area contributed by atoms with Crippen LogP contribution in [-0.4, -0.2) is 32.4 Å². The summed E-state index contributed by atoms with van der Waals surface area (Å²) >= 11 is 0. The van der Waals surface area contributed by atoms with Gasteiger partial charge in [-0.3, -0.25) is 4.79 Å². The average Bonchev–Trinajstić information content (AvgIpc) is 2.38. The monoisotopic (exact) mass is 281 g/mol. The molecular formula is C14H19NO3S. The normalized spacial score (nSPS) is 21.8. The second-order valence-electron chi connectivity index (χ2n) is 4.98. The Morgan fingerprint density at radius 3 is 2.68 bits per heavy atom. The van der Waals surface area contributed by atoms with E-state index in [0.29, 0.717) is 19.4 Å². The molecule has 1 aromatic rings. The van der Waals surface area contributed by atoms with Crippen LogP contribution < -0.4 is 5.32 Å². The van der Waals surface area contributed by atoms with Crippen molar-refractivity contribution in [2.24, 2.45) is 5.92 Å². The fourth-order valence-electron chi connectivity index (χ4n) is 2.35. The third-order valence-corrected chi connectivity index (χ3v) is 5.21. The standard InChI is InChI=1S/C14H19NO3S/c16-14(13-7-4-10-19(17,18)11-13)15-9-8-12-5-2-1-3-6-12/h1-3,5-6,13H,4,7-11H2,(H,15,16). The summed E-state index contributed by atoms with van der Waals surface area (Å²) in [6.07, 6.45) is 2.04. The summed E-state index contributed by atoms with van der Waals surface area (Å²) < 4.78 is 23.0. The lowest BCUT2D eigenvalue weighted by molar-refractivity contribution is -0.124. The van der Waals surface area contributed by atoms with Crippen LogP contribution in [0.2, 0.25) is 0 Å². The second kappa shape index (κ2) is 6.19. The molecule has 1 amide bonds. The van der Waals surface area contributed by atoms with Gasteiger partial charge in [-0.1, -0.05) is 30.3 Å². The Morgan fingerprint density at radius 2 is 2.00 bits per heavy atom. The molecule has 1 aliphatic heterocycles. The summed E-state index contributed by atoms with van der Waals surface area (Å²) in [5, 5.41) is 2.84. The molecule has 0 radical (unpaired) electrons. The second-order valence-corrected chi connectivity index (χ2v) is 7.21. The van der Waals surface area contributed by atoms with Gasteiger partial charge < -0.3 is 5.32 Å². The zero-order chi connectivity index (χ0) is 13.7. The van der Waals surface area contributed by atoms with Gasteiger partial charge in [-0.25, -0.2) is 8.42 Å². The minimum atomic E-state index is -3.01. The number of amides is 1. The highest BCUT2D eigenvalue weighted by Gasteiger charge is 2.29. The summed E-state index contributed by atoms with van der Waals surface area (Å²) in [6, 6.07) is 9.90. The molecule has 0 saturated carbocycles. The van der Waals surface area contributed by atoms with E-state index in [-0.39, 0.29) is 23.3 Å². The number of carbonyl (C=O) groups excluding carboxylic acids is 1. The number of hydrogen-bond donors (Lipinski definition) is 1. The fourth-order valence-corrected chi connectivity index (χ4v) is 4.05. The first-order valence-corrected chi connectivity index (χ1v) is 8.41. The molecule has 1 N–H and O–H groups in total. The number of nitrogens with one attached hydrogen (secondary N) is 1. The zero-order valence-corrected chi connectivity index (χ0v) is 11.7. The van der Waals surface area contributed by atoms with Crippen LogP contribution in [0.5, 0.6) is 0 Å². The van der Waals surface area contributed by atoms with Crippen LogP contribution in [0.4, 0.5) is 0 Å². The largest absolute Gasteiger partial charge is 0.356 e. The first-order chi connectivity index (χ1) is 9.07.